The van der Waals surface area contributed by atoms with E-state index in [9.17, 15) is 28.8 Å². The summed E-state index contributed by atoms with van der Waals surface area (Å²) in [7, 11) is 0. The van der Waals surface area contributed by atoms with Crippen LogP contribution in [-0.4, -0.2) is 13.7 Å². The van der Waals surface area contributed by atoms with Gasteiger partial charge in [-0.25, -0.2) is 0 Å². The van der Waals surface area contributed by atoms with Crippen molar-refractivity contribution in [1.29, 1.82) is 0 Å². The Bertz CT molecular complexity index is 6180. The minimum Gasteiger partial charge on any atom is -0.309 e. The van der Waals surface area contributed by atoms with Gasteiger partial charge in [-0.05, 0) is 106 Å². The lowest BCUT2D eigenvalue weighted by molar-refractivity contribution is 1.16. The van der Waals surface area contributed by atoms with Crippen molar-refractivity contribution >= 4 is 65.4 Å². The number of hydrogen-bond acceptors (Lipinski definition) is 0. The predicted octanol–water partition coefficient (Wildman–Crippen LogP) is 16.0. The fourth-order valence-electron chi connectivity index (χ4n) is 7.54. The number of hydrogen-bond donors (Lipinski definition) is 0. The highest BCUT2D eigenvalue weighted by Crippen LogP contribution is 2.41. The van der Waals surface area contributed by atoms with Gasteiger partial charge < -0.3 is 13.7 Å². The minimum atomic E-state index is -1.29. The summed E-state index contributed by atoms with van der Waals surface area (Å²) in [6, 6.07) is -41.6. The van der Waals surface area contributed by atoms with Gasteiger partial charge in [0.1, 0.15) is 0 Å². The van der Waals surface area contributed by atoms with Gasteiger partial charge in [-0.15, -0.1) is 0 Å². The van der Waals surface area contributed by atoms with E-state index in [1.54, 1.807) is 0 Å². The smallest absolute Gasteiger partial charge is 0.0652 e. The molecule has 0 aliphatic carbocycles. The highest BCUT2D eigenvalue weighted by Gasteiger charge is 2.20. The zero-order valence-corrected chi connectivity index (χ0v) is 31.3. The average Bonchev–Trinajstić information content (AvgIpc) is 1.51. The highest BCUT2D eigenvalue weighted by atomic mass is 15.0. The molecule has 0 aliphatic heterocycles. The molecule has 63 heavy (non-hydrogen) atoms. The summed E-state index contributed by atoms with van der Waals surface area (Å²) in [5.74, 6) is 0. The van der Waals surface area contributed by atoms with Crippen LogP contribution in [0.5, 0.6) is 0 Å². The Morgan fingerprint density at radius 2 is 0.651 bits per heavy atom. The number of fused-ring (bicyclic) bond motifs is 9. The highest BCUT2D eigenvalue weighted by molar-refractivity contribution is 6.14. The third-order valence-corrected chi connectivity index (χ3v) is 10.2. The van der Waals surface area contributed by atoms with Crippen molar-refractivity contribution in [3.8, 4) is 50.4 Å². The van der Waals surface area contributed by atoms with Crippen molar-refractivity contribution in [2.45, 2.75) is 0 Å². The first-order valence-corrected chi connectivity index (χ1v) is 18.5. The quantitative estimate of drug-likeness (QED) is 0.158. The van der Waals surface area contributed by atoms with Crippen molar-refractivity contribution in [3.63, 3.8) is 0 Å². The number of aromatic nitrogens is 3. The molecule has 13 rings (SSSR count). The molecule has 3 heteroatoms. The third kappa shape index (κ3) is 5.53. The predicted molar refractivity (Wildman–Crippen MR) is 266 cm³/mol. The molecule has 0 bridgehead atoms. The van der Waals surface area contributed by atoms with Gasteiger partial charge in [0.05, 0.1) is 92.2 Å². The molecule has 13 aromatic rings. The van der Waals surface area contributed by atoms with Crippen molar-refractivity contribution < 1.29 is 53.5 Å². The zero-order valence-electron chi connectivity index (χ0n) is 70.3. The molecule has 3 aromatic heterocycles. The van der Waals surface area contributed by atoms with Crippen LogP contribution in [-0.2, 0) is 0 Å². The molecule has 3 heterocycles. The van der Waals surface area contributed by atoms with E-state index in [4.69, 9.17) is 24.7 Å². The van der Waals surface area contributed by atoms with Gasteiger partial charge in [0.2, 0.25) is 0 Å². The molecule has 0 aliphatic rings. The monoisotopic (exact) mass is 841 g/mol. The lowest BCUT2D eigenvalue weighted by atomic mass is 10.0. The number of nitrogens with zero attached hydrogens (tertiary/aromatic N) is 3. The molecule has 0 fully saturated rings. The summed E-state index contributed by atoms with van der Waals surface area (Å²) in [5, 5.41) is -4.44. The van der Waals surface area contributed by atoms with Gasteiger partial charge in [0.15, 0.2) is 0 Å². The standard InChI is InChI=1S/C60H39N3/c1-3-16-40(17-4-1)42-30-33-58-51(37-42)48-23-8-12-27-55(48)61(58)45-21-15-20-44(36-45)47-22-7-11-26-54(47)63-57-29-14-10-25-50(57)53-39-46(32-35-60(53)63)62-56-28-13-9-24-49(56)52-38-43(31-34-59(52)62)41-18-5-2-6-19-41/h1-39H/i1D,2D,3D,4D,5D,6D,7D,8D,9D,10D,11D,12D,13D,14D,15D,16D,17D,18D,19D,20D,21D,22D,23D,24D,25D,26D,27D,28D,29D,30D,31D,32D,33D,34D,35D,36D,37D,38D,39D. The first-order valence-electron chi connectivity index (χ1n) is 38.0. The van der Waals surface area contributed by atoms with Crippen LogP contribution in [0.15, 0.2) is 236 Å². The molecule has 3 nitrogen and oxygen atoms in total. The Balaban J connectivity index is 1.21. The third-order valence-electron chi connectivity index (χ3n) is 10.2. The van der Waals surface area contributed by atoms with E-state index in [2.05, 4.69) is 0 Å². The second kappa shape index (κ2) is 14.1. The Labute approximate surface area is 419 Å². The number of rotatable bonds is 6. The average molecular weight is 841 g/mol. The summed E-state index contributed by atoms with van der Waals surface area (Å²) in [4.78, 5) is 0. The topological polar surface area (TPSA) is 14.8 Å². The maximum atomic E-state index is 10.3. The van der Waals surface area contributed by atoms with Crippen LogP contribution in [0.1, 0.15) is 53.5 Å². The SMILES string of the molecule is [2H]c1c([2H])c([2H])c(-c2c([2H])c([2H])c3c(c2[2H])c2c([2H])c([2H])c([2H])c([2H])c2n3-c2c([2H])c([2H])c([2H])c(-c3c([2H])c([2H])c([2H])c([2H])c3-n3c4c([2H])c([2H])c([2H])c([2H])c4c4c([2H])c(-n5c6c([2H])c([2H])c([2H])c([2H])c6c6c([2H])c(-c7c([2H])c([2H])c([2H])c([2H])c7[2H])c([2H])c([2H])c65)c([2H])c([2H])c43)c2[2H])c([2H])c1[2H]. The second-order valence-corrected chi connectivity index (χ2v) is 13.5. The Morgan fingerprint density at radius 1 is 0.238 bits per heavy atom. The first kappa shape index (κ1) is 14.1. The summed E-state index contributed by atoms with van der Waals surface area (Å²) < 4.78 is 361. The maximum Gasteiger partial charge on any atom is 0.0652 e. The summed E-state index contributed by atoms with van der Waals surface area (Å²) in [6.07, 6.45) is 0. The molecule has 0 N–H and O–H groups in total. The first-order chi connectivity index (χ1) is 47.5. The largest absolute Gasteiger partial charge is 0.309 e. The zero-order chi connectivity index (χ0) is 75.4. The van der Waals surface area contributed by atoms with Gasteiger partial charge in [-0.2, -0.15) is 0 Å². The normalized spacial score (nSPS) is 20.5. The van der Waals surface area contributed by atoms with Gasteiger partial charge in [-0.1, -0.05) is 157 Å². The van der Waals surface area contributed by atoms with E-state index in [0.29, 0.717) is 13.7 Å². The van der Waals surface area contributed by atoms with Gasteiger partial charge in [0, 0.05) is 49.3 Å². The molecule has 0 atom stereocenters. The molecule has 0 saturated carbocycles. The molecule has 0 spiro atoms. The fourth-order valence-corrected chi connectivity index (χ4v) is 7.54. The lowest BCUT2D eigenvalue weighted by Gasteiger charge is -2.16. The molecular weight excluding hydrogens is 763 g/mol. The molecule has 0 unspecified atom stereocenters. The number of para-hydroxylation sites is 4. The molecule has 0 radical (unpaired) electrons. The summed E-state index contributed by atoms with van der Waals surface area (Å²) in [6.45, 7) is 0. The van der Waals surface area contributed by atoms with Gasteiger partial charge in [0.25, 0.3) is 0 Å². The van der Waals surface area contributed by atoms with Crippen LogP contribution in [0.25, 0.3) is 116 Å². The molecule has 10 aromatic carbocycles. The van der Waals surface area contributed by atoms with Crippen molar-refractivity contribution in [3.05, 3.63) is 236 Å². The van der Waals surface area contributed by atoms with Gasteiger partial charge >= 0.3 is 0 Å². The Kier molecular flexibility index (Phi) is 3.15. The van der Waals surface area contributed by atoms with E-state index in [-0.39, 0.29) is 0 Å². The number of benzene rings is 10. The van der Waals surface area contributed by atoms with Crippen LogP contribution in [0, 0.1) is 0 Å². The molecular formula is C60H39N3. The van der Waals surface area contributed by atoms with Crippen LogP contribution in [0.2, 0.25) is 0 Å². The van der Waals surface area contributed by atoms with Crippen molar-refractivity contribution in [2.75, 3.05) is 0 Å². The van der Waals surface area contributed by atoms with Crippen molar-refractivity contribution in [1.82, 2.24) is 13.7 Å². The molecule has 0 saturated heterocycles. The van der Waals surface area contributed by atoms with E-state index in [0.717, 1.165) is 0 Å². The van der Waals surface area contributed by atoms with Crippen molar-refractivity contribution in [2.24, 2.45) is 0 Å². The lowest BCUT2D eigenvalue weighted by Crippen LogP contribution is -1.99. The maximum absolute atomic E-state index is 10.3. The van der Waals surface area contributed by atoms with Crippen LogP contribution < -0.4 is 0 Å². The Hall–Kier alpha value is -8.40. The summed E-state index contributed by atoms with van der Waals surface area (Å²) in [5.41, 5.74) is -13.6. The molecule has 294 valence electrons. The van der Waals surface area contributed by atoms with E-state index >= 15 is 0 Å². The Morgan fingerprint density at radius 3 is 1.24 bits per heavy atom. The van der Waals surface area contributed by atoms with Gasteiger partial charge in [-0.3, -0.25) is 0 Å². The fraction of sp³-hybridized carbons (Fsp3) is 0. The minimum absolute atomic E-state index is 0.566. The van der Waals surface area contributed by atoms with E-state index in [1.807, 2.05) is 0 Å². The summed E-state index contributed by atoms with van der Waals surface area (Å²) >= 11 is 0. The van der Waals surface area contributed by atoms with Crippen LogP contribution in [0.4, 0.5) is 0 Å². The van der Waals surface area contributed by atoms with E-state index < -0.39 is 352 Å². The van der Waals surface area contributed by atoms with Crippen LogP contribution in [0.3, 0.4) is 0 Å². The van der Waals surface area contributed by atoms with Crippen LogP contribution >= 0.6 is 0 Å². The molecule has 0 amide bonds. The second-order valence-electron chi connectivity index (χ2n) is 13.5. The van der Waals surface area contributed by atoms with E-state index in [1.165, 1.54) is 0 Å².